The lowest BCUT2D eigenvalue weighted by Gasteiger charge is -2.08. The summed E-state index contributed by atoms with van der Waals surface area (Å²) in [6.07, 6.45) is 2.11. The van der Waals surface area contributed by atoms with Crippen LogP contribution in [0.4, 0.5) is 0 Å². The van der Waals surface area contributed by atoms with E-state index in [9.17, 15) is 9.59 Å². The van der Waals surface area contributed by atoms with E-state index in [1.54, 1.807) is 18.2 Å². The molecule has 3 nitrogen and oxygen atoms in total. The number of carbonyl (C=O) groups excluding carboxylic acids is 2. The Morgan fingerprint density at radius 3 is 2.32 bits per heavy atom. The number of esters is 1. The van der Waals surface area contributed by atoms with Crippen molar-refractivity contribution < 1.29 is 14.3 Å². The minimum atomic E-state index is -0.705. The zero-order valence-corrected chi connectivity index (χ0v) is 17.1. The summed E-state index contributed by atoms with van der Waals surface area (Å²) < 4.78 is 5.82. The van der Waals surface area contributed by atoms with Crippen molar-refractivity contribution in [3.63, 3.8) is 0 Å². The lowest BCUT2D eigenvalue weighted by Crippen LogP contribution is -2.15. The van der Waals surface area contributed by atoms with Crippen LogP contribution in [-0.2, 0) is 20.7 Å². The molecule has 0 heterocycles. The van der Waals surface area contributed by atoms with E-state index in [1.807, 2.05) is 24.3 Å². The van der Waals surface area contributed by atoms with E-state index >= 15 is 0 Å². The first kappa shape index (κ1) is 19.9. The normalized spacial score (nSPS) is 11.3. The first-order valence-corrected chi connectivity index (χ1v) is 9.28. The molecule has 2 aromatic carbocycles. The SMILES string of the molecule is COC(=O)C(=Cc1c(Cl)cccc1Cl)C(=O)CCc1ccccc1I. The number of methoxy groups -OCH3 is 1. The van der Waals surface area contributed by atoms with Crippen LogP contribution in [0.15, 0.2) is 48.0 Å². The Hall–Kier alpha value is -1.37. The van der Waals surface area contributed by atoms with Gasteiger partial charge in [0, 0.05) is 25.6 Å². The summed E-state index contributed by atoms with van der Waals surface area (Å²) in [5.74, 6) is -1.02. The maximum atomic E-state index is 12.6. The van der Waals surface area contributed by atoms with Gasteiger partial charge in [0.25, 0.3) is 0 Å². The summed E-state index contributed by atoms with van der Waals surface area (Å²) in [5.41, 5.74) is 1.41. The number of rotatable bonds is 6. The highest BCUT2D eigenvalue weighted by Crippen LogP contribution is 2.27. The van der Waals surface area contributed by atoms with Crippen molar-refractivity contribution in [2.24, 2.45) is 0 Å². The summed E-state index contributed by atoms with van der Waals surface area (Å²) in [4.78, 5) is 24.7. The van der Waals surface area contributed by atoms with Gasteiger partial charge in [-0.1, -0.05) is 47.5 Å². The largest absolute Gasteiger partial charge is 0.465 e. The number of ether oxygens (including phenoxy) is 1. The lowest BCUT2D eigenvalue weighted by molar-refractivity contribution is -0.137. The number of carbonyl (C=O) groups is 2. The highest BCUT2D eigenvalue weighted by molar-refractivity contribution is 14.1. The predicted octanol–water partition coefficient (Wildman–Crippen LogP) is 5.36. The molecule has 0 N–H and O–H groups in total. The van der Waals surface area contributed by atoms with E-state index in [1.165, 1.54) is 13.2 Å². The Morgan fingerprint density at radius 1 is 1.08 bits per heavy atom. The minimum absolute atomic E-state index is 0.0663. The number of hydrogen-bond donors (Lipinski definition) is 0. The maximum absolute atomic E-state index is 12.6. The molecule has 6 heteroatoms. The van der Waals surface area contributed by atoms with Crippen molar-refractivity contribution in [1.29, 1.82) is 0 Å². The van der Waals surface area contributed by atoms with Gasteiger partial charge in [-0.25, -0.2) is 4.79 Å². The zero-order valence-electron chi connectivity index (χ0n) is 13.4. The van der Waals surface area contributed by atoms with Gasteiger partial charge in [0.2, 0.25) is 0 Å². The monoisotopic (exact) mass is 488 g/mol. The third-order valence-electron chi connectivity index (χ3n) is 3.57. The Kier molecular flexibility index (Phi) is 7.47. The fourth-order valence-corrected chi connectivity index (χ4v) is 3.40. The van der Waals surface area contributed by atoms with Gasteiger partial charge in [0.1, 0.15) is 5.57 Å². The molecular weight excluding hydrogens is 474 g/mol. The number of aryl methyl sites for hydroxylation is 1. The van der Waals surface area contributed by atoms with E-state index in [4.69, 9.17) is 27.9 Å². The highest BCUT2D eigenvalue weighted by Gasteiger charge is 2.20. The molecule has 0 atom stereocenters. The standard InChI is InChI=1S/C19H15Cl2IO3/c1-25-19(24)14(11-13-15(20)6-4-7-16(13)21)18(23)10-9-12-5-2-3-8-17(12)22/h2-8,11H,9-10H2,1H3. The average molecular weight is 489 g/mol. The molecule has 0 aliphatic heterocycles. The van der Waals surface area contributed by atoms with Crippen molar-refractivity contribution >= 4 is 63.6 Å². The molecule has 0 aliphatic carbocycles. The van der Waals surface area contributed by atoms with Crippen molar-refractivity contribution in [2.75, 3.05) is 7.11 Å². The van der Waals surface area contributed by atoms with Gasteiger partial charge in [-0.2, -0.15) is 0 Å². The first-order chi connectivity index (χ1) is 11.9. The van der Waals surface area contributed by atoms with Crippen LogP contribution in [0, 0.1) is 3.57 Å². The van der Waals surface area contributed by atoms with Crippen LogP contribution in [0.2, 0.25) is 10.0 Å². The predicted molar refractivity (Wildman–Crippen MR) is 109 cm³/mol. The Bertz CT molecular complexity index is 811. The summed E-state index contributed by atoms with van der Waals surface area (Å²) in [7, 11) is 1.23. The first-order valence-electron chi connectivity index (χ1n) is 7.44. The molecule has 0 aliphatic rings. The van der Waals surface area contributed by atoms with E-state index in [-0.39, 0.29) is 17.8 Å². The summed E-state index contributed by atoms with van der Waals surface area (Å²) in [5, 5.41) is 0.721. The van der Waals surface area contributed by atoms with Crippen molar-refractivity contribution in [3.8, 4) is 0 Å². The molecule has 0 spiro atoms. The molecule has 0 aromatic heterocycles. The number of halogens is 3. The third-order valence-corrected chi connectivity index (χ3v) is 5.28. The second-order valence-corrected chi connectivity index (χ2v) is 7.18. The molecule has 0 amide bonds. The molecule has 2 rings (SSSR count). The van der Waals surface area contributed by atoms with E-state index < -0.39 is 5.97 Å². The molecule has 0 unspecified atom stereocenters. The Labute approximate surface area is 170 Å². The van der Waals surface area contributed by atoms with Crippen molar-refractivity contribution in [1.82, 2.24) is 0 Å². The molecule has 130 valence electrons. The van der Waals surface area contributed by atoms with Crippen LogP contribution >= 0.6 is 45.8 Å². The van der Waals surface area contributed by atoms with Crippen molar-refractivity contribution in [2.45, 2.75) is 12.8 Å². The van der Waals surface area contributed by atoms with Gasteiger partial charge >= 0.3 is 5.97 Å². The number of benzene rings is 2. The van der Waals surface area contributed by atoms with Gasteiger partial charge in [-0.05, 0) is 58.9 Å². The van der Waals surface area contributed by atoms with Gasteiger partial charge < -0.3 is 4.74 Å². The zero-order chi connectivity index (χ0) is 18.4. The molecule has 0 saturated heterocycles. The smallest absolute Gasteiger partial charge is 0.341 e. The quantitative estimate of drug-likeness (QED) is 0.181. The highest BCUT2D eigenvalue weighted by atomic mass is 127. The van der Waals surface area contributed by atoms with Gasteiger partial charge in [-0.3, -0.25) is 4.79 Å². The second-order valence-electron chi connectivity index (χ2n) is 5.20. The van der Waals surface area contributed by atoms with Crippen LogP contribution in [0.3, 0.4) is 0 Å². The van der Waals surface area contributed by atoms with E-state index in [0.717, 1.165) is 9.13 Å². The van der Waals surface area contributed by atoms with E-state index in [0.29, 0.717) is 22.0 Å². The Morgan fingerprint density at radius 2 is 1.72 bits per heavy atom. The van der Waals surface area contributed by atoms with Crippen LogP contribution in [0.5, 0.6) is 0 Å². The van der Waals surface area contributed by atoms with Crippen LogP contribution in [0.1, 0.15) is 17.5 Å². The van der Waals surface area contributed by atoms with Crippen LogP contribution < -0.4 is 0 Å². The maximum Gasteiger partial charge on any atom is 0.341 e. The third kappa shape index (κ3) is 5.30. The summed E-state index contributed by atoms with van der Waals surface area (Å²) in [6.45, 7) is 0. The fraction of sp³-hybridized carbons (Fsp3) is 0.158. The van der Waals surface area contributed by atoms with Gasteiger partial charge in [0.05, 0.1) is 7.11 Å². The molecular formula is C19H15Cl2IO3. The fourth-order valence-electron chi connectivity index (χ4n) is 2.24. The number of ketones is 1. The Balaban J connectivity index is 2.28. The molecule has 0 fully saturated rings. The lowest BCUT2D eigenvalue weighted by atomic mass is 10.0. The van der Waals surface area contributed by atoms with Crippen molar-refractivity contribution in [3.05, 3.63) is 72.8 Å². The van der Waals surface area contributed by atoms with Crippen LogP contribution in [0.25, 0.3) is 6.08 Å². The molecule has 0 saturated carbocycles. The summed E-state index contributed by atoms with van der Waals surface area (Å²) >= 11 is 14.5. The molecule has 25 heavy (non-hydrogen) atoms. The van der Waals surface area contributed by atoms with Crippen LogP contribution in [-0.4, -0.2) is 18.9 Å². The van der Waals surface area contributed by atoms with Gasteiger partial charge in [-0.15, -0.1) is 0 Å². The van der Waals surface area contributed by atoms with Gasteiger partial charge in [0.15, 0.2) is 5.78 Å². The second kappa shape index (κ2) is 9.36. The molecule has 2 aromatic rings. The summed E-state index contributed by atoms with van der Waals surface area (Å²) in [6, 6.07) is 12.8. The molecule has 0 bridgehead atoms. The average Bonchev–Trinajstić information content (AvgIpc) is 2.60. The molecule has 0 radical (unpaired) electrons. The number of hydrogen-bond acceptors (Lipinski definition) is 3. The number of Topliss-reactive ketones (excluding diaryl/α,β-unsaturated/α-hetero) is 1. The topological polar surface area (TPSA) is 43.4 Å². The minimum Gasteiger partial charge on any atom is -0.465 e. The van der Waals surface area contributed by atoms with E-state index in [2.05, 4.69) is 22.6 Å².